The van der Waals surface area contributed by atoms with E-state index < -0.39 is 0 Å². The average Bonchev–Trinajstić information content (AvgIpc) is 3.53. The second kappa shape index (κ2) is 10.3. The van der Waals surface area contributed by atoms with E-state index in [9.17, 15) is 0 Å². The zero-order valence-corrected chi connectivity index (χ0v) is 26.0. The zero-order valence-electron chi connectivity index (χ0n) is 25.2. The summed E-state index contributed by atoms with van der Waals surface area (Å²) in [6, 6.07) is 51.8. The van der Waals surface area contributed by atoms with E-state index in [1.807, 2.05) is 23.6 Å². The average molecular weight is 616 g/mol. The molecule has 4 heterocycles. The highest BCUT2D eigenvalue weighted by Crippen LogP contribution is 2.43. The van der Waals surface area contributed by atoms with Gasteiger partial charge in [0.1, 0.15) is 0 Å². The first-order valence-electron chi connectivity index (χ1n) is 15.8. The topological polar surface area (TPSA) is 38.7 Å². The summed E-state index contributed by atoms with van der Waals surface area (Å²) in [7, 11) is 0. The SMILES string of the molecule is c1cnc2c(c1)ccc1ccc(-c3ccc(-c4ccc(-c5nc6ccccc6c6c5ccc5c7ccccc7sc56)cc4)cc3)nc12. The molecule has 218 valence electrons. The third-order valence-corrected chi connectivity index (χ3v) is 10.5. The largest absolute Gasteiger partial charge is 0.254 e. The van der Waals surface area contributed by atoms with Crippen molar-refractivity contribution in [2.24, 2.45) is 0 Å². The Morgan fingerprint density at radius 1 is 0.426 bits per heavy atom. The number of benzene rings is 6. The van der Waals surface area contributed by atoms with Crippen molar-refractivity contribution in [3.8, 4) is 33.6 Å². The predicted molar refractivity (Wildman–Crippen MR) is 199 cm³/mol. The molecule has 0 unspecified atom stereocenters. The molecular weight excluding hydrogens is 591 g/mol. The predicted octanol–water partition coefficient (Wildman–Crippen LogP) is 11.9. The van der Waals surface area contributed by atoms with Crippen LogP contribution in [0.4, 0.5) is 0 Å². The molecule has 0 bridgehead atoms. The fourth-order valence-corrected chi connectivity index (χ4v) is 8.24. The Bertz CT molecular complexity index is 2830. The van der Waals surface area contributed by atoms with Gasteiger partial charge in [-0.05, 0) is 35.4 Å². The van der Waals surface area contributed by atoms with E-state index in [4.69, 9.17) is 9.97 Å². The molecule has 0 aliphatic rings. The van der Waals surface area contributed by atoms with Gasteiger partial charge in [0.25, 0.3) is 0 Å². The van der Waals surface area contributed by atoms with Crippen LogP contribution in [0.3, 0.4) is 0 Å². The highest BCUT2D eigenvalue weighted by Gasteiger charge is 2.16. The quantitative estimate of drug-likeness (QED) is 0.186. The van der Waals surface area contributed by atoms with Crippen molar-refractivity contribution in [1.29, 1.82) is 0 Å². The molecule has 0 N–H and O–H groups in total. The van der Waals surface area contributed by atoms with Gasteiger partial charge >= 0.3 is 0 Å². The Morgan fingerprint density at radius 3 is 1.91 bits per heavy atom. The number of nitrogens with zero attached hydrogens (tertiary/aromatic N) is 3. The Morgan fingerprint density at radius 2 is 1.09 bits per heavy atom. The summed E-state index contributed by atoms with van der Waals surface area (Å²) in [6.07, 6.45) is 1.83. The fourth-order valence-electron chi connectivity index (χ4n) is 6.98. The van der Waals surface area contributed by atoms with Crippen molar-refractivity contribution in [2.45, 2.75) is 0 Å². The van der Waals surface area contributed by atoms with E-state index in [0.29, 0.717) is 0 Å². The van der Waals surface area contributed by atoms with E-state index in [2.05, 4.69) is 145 Å². The van der Waals surface area contributed by atoms with Crippen molar-refractivity contribution in [1.82, 2.24) is 15.0 Å². The number of fused-ring (bicyclic) bond motifs is 10. The minimum Gasteiger partial charge on any atom is -0.254 e. The van der Waals surface area contributed by atoms with Crippen LogP contribution in [0.25, 0.3) is 97.3 Å². The Kier molecular flexibility index (Phi) is 5.74. The molecule has 0 fully saturated rings. The summed E-state index contributed by atoms with van der Waals surface area (Å²) in [5.74, 6) is 0. The number of thiophene rings is 1. The summed E-state index contributed by atoms with van der Waals surface area (Å²) < 4.78 is 2.64. The Labute approximate surface area is 274 Å². The van der Waals surface area contributed by atoms with Gasteiger partial charge in [-0.3, -0.25) is 4.98 Å². The van der Waals surface area contributed by atoms with E-state index in [0.717, 1.165) is 55.4 Å². The van der Waals surface area contributed by atoms with Crippen LogP contribution in [0.2, 0.25) is 0 Å². The van der Waals surface area contributed by atoms with Gasteiger partial charge in [0.15, 0.2) is 0 Å². The van der Waals surface area contributed by atoms with Gasteiger partial charge in [0, 0.05) is 64.4 Å². The normalized spacial score (nSPS) is 11.8. The Hall–Kier alpha value is -5.97. The van der Waals surface area contributed by atoms with Crippen molar-refractivity contribution < 1.29 is 0 Å². The van der Waals surface area contributed by atoms with Crippen LogP contribution in [0.15, 0.2) is 152 Å². The molecule has 10 rings (SSSR count). The molecule has 4 aromatic heterocycles. The fraction of sp³-hybridized carbons (Fsp3) is 0. The molecule has 0 aliphatic carbocycles. The minimum atomic E-state index is 0.933. The molecule has 0 amide bonds. The molecule has 0 atom stereocenters. The van der Waals surface area contributed by atoms with Crippen molar-refractivity contribution in [3.63, 3.8) is 0 Å². The van der Waals surface area contributed by atoms with Gasteiger partial charge in [-0.1, -0.05) is 121 Å². The molecule has 3 nitrogen and oxygen atoms in total. The second-order valence-electron chi connectivity index (χ2n) is 12.0. The summed E-state index contributed by atoms with van der Waals surface area (Å²) in [5, 5.41) is 8.49. The van der Waals surface area contributed by atoms with Crippen LogP contribution in [0.5, 0.6) is 0 Å². The minimum absolute atomic E-state index is 0.933. The number of para-hydroxylation sites is 1. The lowest BCUT2D eigenvalue weighted by Gasteiger charge is -2.12. The molecule has 0 saturated carbocycles. The number of hydrogen-bond donors (Lipinski definition) is 0. The first-order valence-corrected chi connectivity index (χ1v) is 16.6. The van der Waals surface area contributed by atoms with E-state index in [-0.39, 0.29) is 0 Å². The van der Waals surface area contributed by atoms with Gasteiger partial charge in [0.05, 0.1) is 27.9 Å². The molecule has 4 heteroatoms. The van der Waals surface area contributed by atoms with Gasteiger partial charge in [-0.25, -0.2) is 9.97 Å². The number of rotatable bonds is 3. The van der Waals surface area contributed by atoms with Crippen molar-refractivity contribution in [2.75, 3.05) is 0 Å². The van der Waals surface area contributed by atoms with Gasteiger partial charge < -0.3 is 0 Å². The highest BCUT2D eigenvalue weighted by atomic mass is 32.1. The van der Waals surface area contributed by atoms with E-state index in [1.54, 1.807) is 0 Å². The summed E-state index contributed by atoms with van der Waals surface area (Å²) in [4.78, 5) is 14.9. The van der Waals surface area contributed by atoms with Crippen LogP contribution < -0.4 is 0 Å². The molecular formula is C43H25N3S. The molecule has 6 aromatic carbocycles. The number of pyridine rings is 3. The van der Waals surface area contributed by atoms with Crippen molar-refractivity contribution in [3.05, 3.63) is 152 Å². The van der Waals surface area contributed by atoms with E-state index in [1.165, 1.54) is 41.9 Å². The maximum absolute atomic E-state index is 5.22. The van der Waals surface area contributed by atoms with Crippen LogP contribution in [-0.4, -0.2) is 15.0 Å². The molecule has 47 heavy (non-hydrogen) atoms. The lowest BCUT2D eigenvalue weighted by molar-refractivity contribution is 1.37. The van der Waals surface area contributed by atoms with Crippen LogP contribution in [0, 0.1) is 0 Å². The highest BCUT2D eigenvalue weighted by molar-refractivity contribution is 7.26. The van der Waals surface area contributed by atoms with Crippen LogP contribution in [-0.2, 0) is 0 Å². The molecule has 0 radical (unpaired) electrons. The third kappa shape index (κ3) is 4.16. The lowest BCUT2D eigenvalue weighted by atomic mass is 9.96. The first kappa shape index (κ1) is 26.3. The van der Waals surface area contributed by atoms with Crippen LogP contribution >= 0.6 is 11.3 Å². The van der Waals surface area contributed by atoms with Gasteiger partial charge in [0.2, 0.25) is 0 Å². The maximum atomic E-state index is 5.22. The van der Waals surface area contributed by atoms with E-state index >= 15 is 0 Å². The van der Waals surface area contributed by atoms with Crippen molar-refractivity contribution >= 4 is 75.0 Å². The number of aromatic nitrogens is 3. The van der Waals surface area contributed by atoms with Crippen LogP contribution in [0.1, 0.15) is 0 Å². The number of hydrogen-bond acceptors (Lipinski definition) is 4. The van der Waals surface area contributed by atoms with Gasteiger partial charge in [-0.15, -0.1) is 11.3 Å². The maximum Gasteiger partial charge on any atom is 0.0972 e. The van der Waals surface area contributed by atoms with Gasteiger partial charge in [-0.2, -0.15) is 0 Å². The standard InChI is InChI=1S/C43H25N3S/c1-3-9-37-34(8-1)39-35(23-22-33-32-7-2-4-10-38(32)47-43(33)39)40(46-37)30-17-13-27(14-18-30)26-11-15-28(16-12-26)36-24-21-31-20-19-29-6-5-25-44-41(29)42(31)45-36/h1-25H. The Balaban J connectivity index is 1.04. The zero-order chi connectivity index (χ0) is 30.9. The summed E-state index contributed by atoms with van der Waals surface area (Å²) >= 11 is 1.87. The molecule has 0 aliphatic heterocycles. The smallest absolute Gasteiger partial charge is 0.0972 e. The first-order chi connectivity index (χ1) is 23.3. The summed E-state index contributed by atoms with van der Waals surface area (Å²) in [6.45, 7) is 0. The molecule has 0 saturated heterocycles. The second-order valence-corrected chi connectivity index (χ2v) is 13.1. The molecule has 10 aromatic rings. The third-order valence-electron chi connectivity index (χ3n) is 9.31. The summed E-state index contributed by atoms with van der Waals surface area (Å²) in [5.41, 5.74) is 9.38. The molecule has 0 spiro atoms. The monoisotopic (exact) mass is 615 g/mol. The lowest BCUT2D eigenvalue weighted by Crippen LogP contribution is -1.90.